The molecule has 1 aromatic rings. The van der Waals surface area contributed by atoms with Gasteiger partial charge in [-0.25, -0.2) is 4.39 Å². The van der Waals surface area contributed by atoms with Crippen molar-refractivity contribution in [3.63, 3.8) is 0 Å². The van der Waals surface area contributed by atoms with Crippen molar-refractivity contribution < 1.29 is 9.50 Å². The zero-order chi connectivity index (χ0) is 12.3. The first-order valence-corrected chi connectivity index (χ1v) is 7.04. The number of benzene rings is 1. The van der Waals surface area contributed by atoms with E-state index in [0.717, 1.165) is 16.5 Å². The number of rotatable bonds is 4. The second-order valence-electron chi connectivity index (χ2n) is 4.97. The van der Waals surface area contributed by atoms with E-state index in [1.165, 1.54) is 31.7 Å². The van der Waals surface area contributed by atoms with E-state index >= 15 is 0 Å². The van der Waals surface area contributed by atoms with Gasteiger partial charge in [0.15, 0.2) is 0 Å². The molecule has 17 heavy (non-hydrogen) atoms. The summed E-state index contributed by atoms with van der Waals surface area (Å²) >= 11 is 3.31. The highest BCUT2D eigenvalue weighted by molar-refractivity contribution is 9.10. The summed E-state index contributed by atoms with van der Waals surface area (Å²) in [6.07, 6.45) is 5.74. The van der Waals surface area contributed by atoms with Gasteiger partial charge in [0.1, 0.15) is 5.82 Å². The van der Waals surface area contributed by atoms with Crippen LogP contribution in [0.1, 0.15) is 31.2 Å². The van der Waals surface area contributed by atoms with Crippen LogP contribution in [0.25, 0.3) is 0 Å². The van der Waals surface area contributed by atoms with Gasteiger partial charge in [-0.2, -0.15) is 0 Å². The SMILES string of the molecule is OCC(Cc1cc(F)cc(Br)c1)C1CCCC1. The van der Waals surface area contributed by atoms with Crippen LogP contribution in [0.5, 0.6) is 0 Å². The van der Waals surface area contributed by atoms with Gasteiger partial charge in [0.05, 0.1) is 0 Å². The van der Waals surface area contributed by atoms with Crippen molar-refractivity contribution in [1.29, 1.82) is 0 Å². The second kappa shape index (κ2) is 5.96. The molecule has 0 aromatic heterocycles. The van der Waals surface area contributed by atoms with Gasteiger partial charge in [0, 0.05) is 11.1 Å². The molecule has 0 saturated heterocycles. The number of hydrogen-bond donors (Lipinski definition) is 1. The first-order chi connectivity index (χ1) is 8.19. The van der Waals surface area contributed by atoms with E-state index in [-0.39, 0.29) is 18.3 Å². The topological polar surface area (TPSA) is 20.2 Å². The molecule has 1 saturated carbocycles. The number of aliphatic hydroxyl groups is 1. The van der Waals surface area contributed by atoms with E-state index in [1.807, 2.05) is 6.07 Å². The fourth-order valence-electron chi connectivity index (χ4n) is 2.84. The van der Waals surface area contributed by atoms with Crippen molar-refractivity contribution in [2.45, 2.75) is 32.1 Å². The lowest BCUT2D eigenvalue weighted by atomic mass is 9.86. The van der Waals surface area contributed by atoms with E-state index in [4.69, 9.17) is 0 Å². The van der Waals surface area contributed by atoms with Crippen molar-refractivity contribution in [1.82, 2.24) is 0 Å². The van der Waals surface area contributed by atoms with Crippen molar-refractivity contribution in [2.75, 3.05) is 6.61 Å². The summed E-state index contributed by atoms with van der Waals surface area (Å²) in [4.78, 5) is 0. The van der Waals surface area contributed by atoms with Gasteiger partial charge in [-0.1, -0.05) is 41.6 Å². The first-order valence-electron chi connectivity index (χ1n) is 6.25. The molecule has 1 atom stereocenters. The Balaban J connectivity index is 2.06. The van der Waals surface area contributed by atoms with Crippen molar-refractivity contribution in [2.24, 2.45) is 11.8 Å². The molecular formula is C14H18BrFO. The highest BCUT2D eigenvalue weighted by Crippen LogP contribution is 2.33. The number of halogens is 2. The monoisotopic (exact) mass is 300 g/mol. The maximum Gasteiger partial charge on any atom is 0.124 e. The van der Waals surface area contributed by atoms with Crippen LogP contribution in [0.4, 0.5) is 4.39 Å². The molecule has 1 fully saturated rings. The van der Waals surface area contributed by atoms with E-state index in [1.54, 1.807) is 6.07 Å². The molecule has 0 radical (unpaired) electrons. The Morgan fingerprint density at radius 3 is 2.59 bits per heavy atom. The maximum absolute atomic E-state index is 13.3. The van der Waals surface area contributed by atoms with Crippen molar-refractivity contribution in [3.05, 3.63) is 34.1 Å². The van der Waals surface area contributed by atoms with E-state index in [2.05, 4.69) is 15.9 Å². The summed E-state index contributed by atoms with van der Waals surface area (Å²) in [6, 6.07) is 4.98. The standard InChI is InChI=1S/C14H18BrFO/c15-13-6-10(7-14(16)8-13)5-12(9-17)11-3-1-2-4-11/h6-8,11-12,17H,1-5,9H2. The average molecular weight is 301 g/mol. The molecular weight excluding hydrogens is 283 g/mol. The van der Waals surface area contributed by atoms with Crippen LogP contribution in [0, 0.1) is 17.7 Å². The molecule has 94 valence electrons. The second-order valence-corrected chi connectivity index (χ2v) is 5.88. The Morgan fingerprint density at radius 1 is 1.29 bits per heavy atom. The first kappa shape index (κ1) is 13.0. The largest absolute Gasteiger partial charge is 0.396 e. The molecule has 2 rings (SSSR count). The number of hydrogen-bond acceptors (Lipinski definition) is 1. The quantitative estimate of drug-likeness (QED) is 0.893. The minimum Gasteiger partial charge on any atom is -0.396 e. The Kier molecular flexibility index (Phi) is 4.57. The lowest BCUT2D eigenvalue weighted by molar-refractivity contribution is 0.175. The predicted molar refractivity (Wildman–Crippen MR) is 70.3 cm³/mol. The highest BCUT2D eigenvalue weighted by atomic mass is 79.9. The molecule has 1 aliphatic carbocycles. The van der Waals surface area contributed by atoms with Crippen molar-refractivity contribution >= 4 is 15.9 Å². The van der Waals surface area contributed by atoms with Gasteiger partial charge in [0.2, 0.25) is 0 Å². The van der Waals surface area contributed by atoms with E-state index in [0.29, 0.717) is 5.92 Å². The van der Waals surface area contributed by atoms with Crippen molar-refractivity contribution in [3.8, 4) is 0 Å². The van der Waals surface area contributed by atoms with E-state index in [9.17, 15) is 9.50 Å². The van der Waals surface area contributed by atoms with Gasteiger partial charge in [0.25, 0.3) is 0 Å². The molecule has 0 heterocycles. The highest BCUT2D eigenvalue weighted by Gasteiger charge is 2.24. The van der Waals surface area contributed by atoms with Gasteiger partial charge in [-0.05, 0) is 42.0 Å². The zero-order valence-corrected chi connectivity index (χ0v) is 11.4. The number of aliphatic hydroxyl groups excluding tert-OH is 1. The molecule has 1 N–H and O–H groups in total. The summed E-state index contributed by atoms with van der Waals surface area (Å²) in [7, 11) is 0. The molecule has 0 spiro atoms. The lowest BCUT2D eigenvalue weighted by Gasteiger charge is -2.21. The minimum atomic E-state index is -0.211. The van der Waals surface area contributed by atoms with E-state index < -0.39 is 0 Å². The fraction of sp³-hybridized carbons (Fsp3) is 0.571. The van der Waals surface area contributed by atoms with Crippen LogP contribution in [-0.4, -0.2) is 11.7 Å². The van der Waals surface area contributed by atoms with Gasteiger partial charge >= 0.3 is 0 Å². The third-order valence-corrected chi connectivity index (χ3v) is 4.18. The van der Waals surface area contributed by atoms with Gasteiger partial charge in [-0.3, -0.25) is 0 Å². The molecule has 1 nitrogen and oxygen atoms in total. The van der Waals surface area contributed by atoms with Gasteiger partial charge in [-0.15, -0.1) is 0 Å². The summed E-state index contributed by atoms with van der Waals surface area (Å²) in [5.41, 5.74) is 0.975. The maximum atomic E-state index is 13.3. The Hall–Kier alpha value is -0.410. The third-order valence-electron chi connectivity index (χ3n) is 3.72. The average Bonchev–Trinajstić information content (AvgIpc) is 2.77. The summed E-state index contributed by atoms with van der Waals surface area (Å²) in [6.45, 7) is 0.207. The smallest absolute Gasteiger partial charge is 0.124 e. The normalized spacial score (nSPS) is 18.5. The molecule has 1 aliphatic rings. The molecule has 1 unspecified atom stereocenters. The van der Waals surface area contributed by atoms with Gasteiger partial charge < -0.3 is 5.11 Å². The predicted octanol–water partition coefficient (Wildman–Crippen LogP) is 3.93. The minimum absolute atomic E-state index is 0.207. The summed E-state index contributed by atoms with van der Waals surface area (Å²) < 4.78 is 14.0. The fourth-order valence-corrected chi connectivity index (χ4v) is 3.35. The van der Waals surface area contributed by atoms with Crippen LogP contribution in [0.2, 0.25) is 0 Å². The molecule has 0 amide bonds. The molecule has 0 aliphatic heterocycles. The molecule has 3 heteroatoms. The Bertz CT molecular complexity index is 354. The molecule has 1 aromatic carbocycles. The van der Waals surface area contributed by atoms with Crippen LogP contribution >= 0.6 is 15.9 Å². The lowest BCUT2D eigenvalue weighted by Crippen LogP contribution is -2.18. The third kappa shape index (κ3) is 3.52. The summed E-state index contributed by atoms with van der Waals surface area (Å²) in [5.74, 6) is 0.686. The van der Waals surface area contributed by atoms with Crippen LogP contribution in [0.3, 0.4) is 0 Å². The van der Waals surface area contributed by atoms with Crippen LogP contribution in [-0.2, 0) is 6.42 Å². The Morgan fingerprint density at radius 2 is 2.00 bits per heavy atom. The van der Waals surface area contributed by atoms with Crippen LogP contribution in [0.15, 0.2) is 22.7 Å². The zero-order valence-electron chi connectivity index (χ0n) is 9.83. The molecule has 0 bridgehead atoms. The van der Waals surface area contributed by atoms with Crippen LogP contribution < -0.4 is 0 Å². The Labute approximate surface area is 110 Å². The summed E-state index contributed by atoms with van der Waals surface area (Å²) in [5, 5.41) is 9.48.